The molecule has 18 heavy (non-hydrogen) atoms. The Kier molecular flexibility index (Phi) is 6.54. The summed E-state index contributed by atoms with van der Waals surface area (Å²) in [4.78, 5) is 24.6. The van der Waals surface area contributed by atoms with Gasteiger partial charge in [-0.05, 0) is 19.3 Å². The Labute approximate surface area is 109 Å². The van der Waals surface area contributed by atoms with Crippen molar-refractivity contribution in [3.8, 4) is 0 Å². The monoisotopic (exact) mass is 255 g/mol. The zero-order valence-electron chi connectivity index (χ0n) is 11.5. The summed E-state index contributed by atoms with van der Waals surface area (Å²) in [7, 11) is 0. The van der Waals surface area contributed by atoms with Crippen molar-refractivity contribution in [1.82, 2.24) is 15.5 Å². The van der Waals surface area contributed by atoms with Crippen molar-refractivity contribution < 1.29 is 9.59 Å². The van der Waals surface area contributed by atoms with Gasteiger partial charge in [0.2, 0.25) is 5.91 Å². The number of carbonyl (C=O) groups excluding carboxylic acids is 2. The fourth-order valence-corrected chi connectivity index (χ4v) is 1.75. The quantitative estimate of drug-likeness (QED) is 0.645. The van der Waals surface area contributed by atoms with Crippen LogP contribution >= 0.6 is 0 Å². The Hall–Kier alpha value is -1.26. The van der Waals surface area contributed by atoms with Crippen LogP contribution in [-0.4, -0.2) is 42.5 Å². The molecule has 1 fully saturated rings. The maximum Gasteiger partial charge on any atom is 0.315 e. The molecule has 0 aromatic carbocycles. The molecule has 0 radical (unpaired) electrons. The van der Waals surface area contributed by atoms with Crippen LogP contribution in [0.3, 0.4) is 0 Å². The summed E-state index contributed by atoms with van der Waals surface area (Å²) in [5, 5.41) is 5.64. The van der Waals surface area contributed by atoms with Gasteiger partial charge in [0.15, 0.2) is 0 Å². The Morgan fingerprint density at radius 1 is 1.22 bits per heavy atom. The molecule has 0 aromatic rings. The van der Waals surface area contributed by atoms with Gasteiger partial charge in [0, 0.05) is 32.6 Å². The minimum absolute atomic E-state index is 0.0792. The highest BCUT2D eigenvalue weighted by Gasteiger charge is 2.22. The molecule has 5 nitrogen and oxygen atoms in total. The molecule has 2 N–H and O–H groups in total. The second kappa shape index (κ2) is 7.95. The van der Waals surface area contributed by atoms with Crippen molar-refractivity contribution in [2.45, 2.75) is 52.0 Å². The number of hydrogen-bond acceptors (Lipinski definition) is 2. The molecule has 1 aliphatic rings. The number of amides is 3. The van der Waals surface area contributed by atoms with Gasteiger partial charge in [0.25, 0.3) is 0 Å². The van der Waals surface area contributed by atoms with Crippen molar-refractivity contribution >= 4 is 11.9 Å². The normalized spacial score (nSPS) is 14.1. The molecular weight excluding hydrogens is 230 g/mol. The van der Waals surface area contributed by atoms with Gasteiger partial charge in [-0.3, -0.25) is 4.79 Å². The third-order valence-electron chi connectivity index (χ3n) is 3.06. The molecule has 0 aromatic heterocycles. The maximum absolute atomic E-state index is 11.4. The molecule has 1 saturated carbocycles. The van der Waals surface area contributed by atoms with E-state index in [1.807, 2.05) is 0 Å². The van der Waals surface area contributed by atoms with Crippen LogP contribution in [0.2, 0.25) is 0 Å². The van der Waals surface area contributed by atoms with Gasteiger partial charge in [0.05, 0.1) is 0 Å². The first-order chi connectivity index (χ1) is 8.63. The number of carbonyl (C=O) groups is 2. The molecule has 0 aliphatic heterocycles. The number of rotatable bonds is 8. The van der Waals surface area contributed by atoms with Crippen molar-refractivity contribution in [3.05, 3.63) is 0 Å². The molecule has 1 aliphatic carbocycles. The topological polar surface area (TPSA) is 61.4 Å². The van der Waals surface area contributed by atoms with E-state index in [1.54, 1.807) is 11.8 Å². The fourth-order valence-electron chi connectivity index (χ4n) is 1.75. The van der Waals surface area contributed by atoms with Crippen LogP contribution in [0.4, 0.5) is 4.79 Å². The summed E-state index contributed by atoms with van der Waals surface area (Å²) in [6.07, 6.45) is 5.49. The molecule has 0 spiro atoms. The predicted octanol–water partition coefficient (Wildman–Crippen LogP) is 1.49. The summed E-state index contributed by atoms with van der Waals surface area (Å²) in [5.41, 5.74) is 0. The van der Waals surface area contributed by atoms with Crippen LogP contribution < -0.4 is 10.6 Å². The first-order valence-electron chi connectivity index (χ1n) is 6.93. The van der Waals surface area contributed by atoms with E-state index in [1.165, 1.54) is 0 Å². The highest BCUT2D eigenvalue weighted by atomic mass is 16.2. The third kappa shape index (κ3) is 6.47. The minimum atomic E-state index is -0.116. The molecule has 3 amide bonds. The average molecular weight is 255 g/mol. The lowest BCUT2D eigenvalue weighted by atomic mass is 10.2. The van der Waals surface area contributed by atoms with Crippen LogP contribution in [0, 0.1) is 0 Å². The van der Waals surface area contributed by atoms with E-state index < -0.39 is 0 Å². The maximum atomic E-state index is 11.4. The standard InChI is InChI=1S/C13H25N3O2/c1-3-4-5-9-16(11(2)17)10-8-14-13(18)15-12-6-7-12/h12H,3-10H2,1-2H3,(H2,14,15,18). The molecule has 1 rings (SSSR count). The van der Waals surface area contributed by atoms with E-state index in [2.05, 4.69) is 17.6 Å². The minimum Gasteiger partial charge on any atom is -0.341 e. The molecule has 0 unspecified atom stereocenters. The van der Waals surface area contributed by atoms with Crippen LogP contribution in [0.5, 0.6) is 0 Å². The number of urea groups is 1. The molecule has 0 saturated heterocycles. The SMILES string of the molecule is CCCCCN(CCNC(=O)NC1CC1)C(C)=O. The Balaban J connectivity index is 2.11. The van der Waals surface area contributed by atoms with Crippen molar-refractivity contribution in [3.63, 3.8) is 0 Å². The van der Waals surface area contributed by atoms with E-state index in [4.69, 9.17) is 0 Å². The summed E-state index contributed by atoms with van der Waals surface area (Å²) >= 11 is 0. The lowest BCUT2D eigenvalue weighted by Gasteiger charge is -2.21. The summed E-state index contributed by atoms with van der Waals surface area (Å²) in [6, 6.07) is 0.257. The Bertz CT molecular complexity index is 277. The van der Waals surface area contributed by atoms with Gasteiger partial charge in [-0.1, -0.05) is 19.8 Å². The van der Waals surface area contributed by atoms with E-state index in [-0.39, 0.29) is 11.9 Å². The van der Waals surface area contributed by atoms with Gasteiger partial charge in [-0.15, -0.1) is 0 Å². The molecule has 0 bridgehead atoms. The lowest BCUT2D eigenvalue weighted by Crippen LogP contribution is -2.42. The number of hydrogen-bond donors (Lipinski definition) is 2. The summed E-state index contributed by atoms with van der Waals surface area (Å²) in [5.74, 6) is 0.0792. The van der Waals surface area contributed by atoms with Crippen molar-refractivity contribution in [1.29, 1.82) is 0 Å². The molecule has 5 heteroatoms. The number of nitrogens with one attached hydrogen (secondary N) is 2. The van der Waals surface area contributed by atoms with E-state index in [0.717, 1.165) is 38.6 Å². The van der Waals surface area contributed by atoms with Crippen molar-refractivity contribution in [2.24, 2.45) is 0 Å². The largest absolute Gasteiger partial charge is 0.341 e. The van der Waals surface area contributed by atoms with Gasteiger partial charge >= 0.3 is 6.03 Å². The van der Waals surface area contributed by atoms with Gasteiger partial charge < -0.3 is 15.5 Å². The van der Waals surface area contributed by atoms with Crippen molar-refractivity contribution in [2.75, 3.05) is 19.6 Å². The second-order valence-corrected chi connectivity index (χ2v) is 4.89. The number of nitrogens with zero attached hydrogens (tertiary/aromatic N) is 1. The van der Waals surface area contributed by atoms with E-state index >= 15 is 0 Å². The number of unbranched alkanes of at least 4 members (excludes halogenated alkanes) is 2. The summed E-state index contributed by atoms with van der Waals surface area (Å²) in [6.45, 7) is 5.62. The van der Waals surface area contributed by atoms with Gasteiger partial charge in [-0.25, -0.2) is 4.79 Å². The molecule has 0 heterocycles. The lowest BCUT2D eigenvalue weighted by molar-refractivity contribution is -0.128. The smallest absolute Gasteiger partial charge is 0.315 e. The average Bonchev–Trinajstić information content (AvgIpc) is 3.10. The van der Waals surface area contributed by atoms with Crippen LogP contribution in [-0.2, 0) is 4.79 Å². The van der Waals surface area contributed by atoms with Crippen LogP contribution in [0.15, 0.2) is 0 Å². The third-order valence-corrected chi connectivity index (χ3v) is 3.06. The van der Waals surface area contributed by atoms with E-state index in [9.17, 15) is 9.59 Å². The molecular formula is C13H25N3O2. The van der Waals surface area contributed by atoms with E-state index in [0.29, 0.717) is 19.1 Å². The van der Waals surface area contributed by atoms with Gasteiger partial charge in [-0.2, -0.15) is 0 Å². The Morgan fingerprint density at radius 3 is 2.50 bits per heavy atom. The Morgan fingerprint density at radius 2 is 1.94 bits per heavy atom. The van der Waals surface area contributed by atoms with Crippen LogP contribution in [0.25, 0.3) is 0 Å². The second-order valence-electron chi connectivity index (χ2n) is 4.89. The zero-order chi connectivity index (χ0) is 13.4. The highest BCUT2D eigenvalue weighted by Crippen LogP contribution is 2.18. The molecule has 104 valence electrons. The highest BCUT2D eigenvalue weighted by molar-refractivity contribution is 5.75. The van der Waals surface area contributed by atoms with Crippen LogP contribution in [0.1, 0.15) is 46.0 Å². The first-order valence-corrected chi connectivity index (χ1v) is 6.93. The predicted molar refractivity (Wildman–Crippen MR) is 71.3 cm³/mol. The fraction of sp³-hybridized carbons (Fsp3) is 0.846. The molecule has 0 atom stereocenters. The summed E-state index contributed by atoms with van der Waals surface area (Å²) < 4.78 is 0. The van der Waals surface area contributed by atoms with Gasteiger partial charge in [0.1, 0.15) is 0 Å². The first kappa shape index (κ1) is 14.8. The zero-order valence-corrected chi connectivity index (χ0v) is 11.5.